The maximum Gasteiger partial charge on any atom is 0.326 e. The van der Waals surface area contributed by atoms with Crippen molar-refractivity contribution < 1.29 is 9.53 Å². The lowest BCUT2D eigenvalue weighted by molar-refractivity contribution is -0.151. The highest BCUT2D eigenvalue weighted by Gasteiger charge is 2.39. The molecule has 0 aromatic heterocycles. The molecule has 0 heterocycles. The Morgan fingerprint density at radius 1 is 1.40 bits per heavy atom. The van der Waals surface area contributed by atoms with E-state index in [4.69, 9.17) is 4.74 Å². The third-order valence-electron chi connectivity index (χ3n) is 4.35. The largest absolute Gasteiger partial charge is 0.465 e. The van der Waals surface area contributed by atoms with E-state index < -0.39 is 5.54 Å². The van der Waals surface area contributed by atoms with Gasteiger partial charge in [-0.1, -0.05) is 13.8 Å². The molecule has 0 aromatic rings. The lowest BCUT2D eigenvalue weighted by atomic mass is 9.96. The first-order chi connectivity index (χ1) is 9.46. The lowest BCUT2D eigenvalue weighted by Crippen LogP contribution is -2.53. The second kappa shape index (κ2) is 7.99. The van der Waals surface area contributed by atoms with Crippen molar-refractivity contribution in [1.82, 2.24) is 10.2 Å². The van der Waals surface area contributed by atoms with Crippen molar-refractivity contribution in [2.24, 2.45) is 0 Å². The molecular formula is C16H32N2O2. The fraction of sp³-hybridized carbons (Fsp3) is 0.938. The summed E-state index contributed by atoms with van der Waals surface area (Å²) in [5, 5.41) is 3.49. The number of nitrogens with zero attached hydrogens (tertiary/aromatic N) is 1. The monoisotopic (exact) mass is 284 g/mol. The summed E-state index contributed by atoms with van der Waals surface area (Å²) >= 11 is 0. The van der Waals surface area contributed by atoms with Crippen LogP contribution in [0.5, 0.6) is 0 Å². The van der Waals surface area contributed by atoms with E-state index in [9.17, 15) is 4.79 Å². The van der Waals surface area contributed by atoms with Gasteiger partial charge in [0.25, 0.3) is 0 Å². The highest BCUT2D eigenvalue weighted by Crippen LogP contribution is 2.25. The van der Waals surface area contributed by atoms with E-state index >= 15 is 0 Å². The molecule has 1 N–H and O–H groups in total. The zero-order valence-corrected chi connectivity index (χ0v) is 13.9. The van der Waals surface area contributed by atoms with Crippen LogP contribution in [-0.2, 0) is 9.53 Å². The standard InChI is InChI=1S/C16H32N2O2/c1-6-13(4)18(7-2)12-11-16(5,15(19)20-8-3)17-14-9-10-14/h13-14,17H,6-12H2,1-5H3. The fourth-order valence-electron chi connectivity index (χ4n) is 2.52. The first-order valence-corrected chi connectivity index (χ1v) is 8.15. The summed E-state index contributed by atoms with van der Waals surface area (Å²) in [6.07, 6.45) is 4.30. The van der Waals surface area contributed by atoms with Gasteiger partial charge in [0.05, 0.1) is 6.61 Å². The van der Waals surface area contributed by atoms with Crippen molar-refractivity contribution in [2.75, 3.05) is 19.7 Å². The van der Waals surface area contributed by atoms with Crippen LogP contribution in [0.1, 0.15) is 60.3 Å². The molecule has 1 saturated carbocycles. The van der Waals surface area contributed by atoms with E-state index in [2.05, 4.69) is 31.0 Å². The number of esters is 1. The normalized spacial score (nSPS) is 19.7. The second-order valence-corrected chi connectivity index (χ2v) is 6.11. The molecule has 0 aliphatic heterocycles. The van der Waals surface area contributed by atoms with Gasteiger partial charge in [-0.15, -0.1) is 0 Å². The van der Waals surface area contributed by atoms with Crippen molar-refractivity contribution in [3.63, 3.8) is 0 Å². The maximum atomic E-state index is 12.3. The second-order valence-electron chi connectivity index (χ2n) is 6.11. The highest BCUT2D eigenvalue weighted by atomic mass is 16.5. The highest BCUT2D eigenvalue weighted by molar-refractivity contribution is 5.80. The Kier molecular flexibility index (Phi) is 6.96. The number of hydrogen-bond donors (Lipinski definition) is 1. The maximum absolute atomic E-state index is 12.3. The van der Waals surface area contributed by atoms with Crippen LogP contribution in [0.25, 0.3) is 0 Å². The van der Waals surface area contributed by atoms with Gasteiger partial charge in [0, 0.05) is 18.6 Å². The van der Waals surface area contributed by atoms with Crippen LogP contribution in [0, 0.1) is 0 Å². The predicted octanol–water partition coefficient (Wildman–Crippen LogP) is 2.57. The molecule has 2 atom stereocenters. The SMILES string of the molecule is CCOC(=O)C(C)(CCN(CC)C(C)CC)NC1CC1. The average molecular weight is 284 g/mol. The van der Waals surface area contributed by atoms with Crippen molar-refractivity contribution in [1.29, 1.82) is 0 Å². The smallest absolute Gasteiger partial charge is 0.326 e. The Bertz CT molecular complexity index is 305. The summed E-state index contributed by atoms with van der Waals surface area (Å²) in [4.78, 5) is 14.7. The Balaban J connectivity index is 2.61. The third kappa shape index (κ3) is 5.06. The molecular weight excluding hydrogens is 252 g/mol. The minimum absolute atomic E-state index is 0.105. The minimum atomic E-state index is -0.544. The minimum Gasteiger partial charge on any atom is -0.465 e. The quantitative estimate of drug-likeness (QED) is 0.626. The molecule has 4 heteroatoms. The Morgan fingerprint density at radius 2 is 2.05 bits per heavy atom. The van der Waals surface area contributed by atoms with E-state index in [1.807, 2.05) is 13.8 Å². The topological polar surface area (TPSA) is 41.6 Å². The molecule has 2 unspecified atom stereocenters. The van der Waals surface area contributed by atoms with Crippen LogP contribution in [-0.4, -0.2) is 48.2 Å². The number of hydrogen-bond acceptors (Lipinski definition) is 4. The Hall–Kier alpha value is -0.610. The van der Waals surface area contributed by atoms with E-state index in [-0.39, 0.29) is 5.97 Å². The number of rotatable bonds is 10. The molecule has 1 aliphatic rings. The molecule has 0 radical (unpaired) electrons. The molecule has 0 saturated heterocycles. The summed E-state index contributed by atoms with van der Waals surface area (Å²) in [7, 11) is 0. The average Bonchev–Trinajstić information content (AvgIpc) is 3.23. The van der Waals surface area contributed by atoms with Gasteiger partial charge in [0.1, 0.15) is 5.54 Å². The zero-order chi connectivity index (χ0) is 15.2. The first-order valence-electron chi connectivity index (χ1n) is 8.15. The molecule has 0 amide bonds. The lowest BCUT2D eigenvalue weighted by Gasteiger charge is -2.33. The molecule has 0 spiro atoms. The van der Waals surface area contributed by atoms with Gasteiger partial charge in [-0.2, -0.15) is 0 Å². The van der Waals surface area contributed by atoms with Gasteiger partial charge in [-0.05, 0) is 53.0 Å². The fourth-order valence-corrected chi connectivity index (χ4v) is 2.52. The van der Waals surface area contributed by atoms with Crippen LogP contribution in [0.4, 0.5) is 0 Å². The van der Waals surface area contributed by atoms with Crippen molar-refractivity contribution in [3.05, 3.63) is 0 Å². The molecule has 0 bridgehead atoms. The molecule has 118 valence electrons. The van der Waals surface area contributed by atoms with Gasteiger partial charge in [-0.3, -0.25) is 10.1 Å². The van der Waals surface area contributed by atoms with Crippen LogP contribution in [0.2, 0.25) is 0 Å². The first kappa shape index (κ1) is 17.4. The molecule has 0 aromatic carbocycles. The molecule has 1 rings (SSSR count). The Labute approximate surface area is 124 Å². The summed E-state index contributed by atoms with van der Waals surface area (Å²) in [6.45, 7) is 12.9. The molecule has 4 nitrogen and oxygen atoms in total. The molecule has 20 heavy (non-hydrogen) atoms. The van der Waals surface area contributed by atoms with Gasteiger partial charge in [0.15, 0.2) is 0 Å². The van der Waals surface area contributed by atoms with E-state index in [0.29, 0.717) is 18.7 Å². The van der Waals surface area contributed by atoms with E-state index in [1.54, 1.807) is 0 Å². The number of nitrogens with one attached hydrogen (secondary N) is 1. The third-order valence-corrected chi connectivity index (χ3v) is 4.35. The van der Waals surface area contributed by atoms with Gasteiger partial charge >= 0.3 is 5.97 Å². The molecule has 1 fully saturated rings. The van der Waals surface area contributed by atoms with Crippen LogP contribution < -0.4 is 5.32 Å². The number of ether oxygens (including phenoxy) is 1. The van der Waals surface area contributed by atoms with Gasteiger partial charge in [-0.25, -0.2) is 0 Å². The molecule has 1 aliphatic carbocycles. The zero-order valence-electron chi connectivity index (χ0n) is 13.9. The number of carbonyl (C=O) groups is 1. The number of carbonyl (C=O) groups excluding carboxylic acids is 1. The van der Waals surface area contributed by atoms with Gasteiger partial charge in [0.2, 0.25) is 0 Å². The summed E-state index contributed by atoms with van der Waals surface area (Å²) < 4.78 is 5.27. The van der Waals surface area contributed by atoms with Crippen molar-refractivity contribution in [3.8, 4) is 0 Å². The predicted molar refractivity (Wildman–Crippen MR) is 82.8 cm³/mol. The van der Waals surface area contributed by atoms with E-state index in [0.717, 1.165) is 25.9 Å². The van der Waals surface area contributed by atoms with Crippen molar-refractivity contribution >= 4 is 5.97 Å². The summed E-state index contributed by atoms with van der Waals surface area (Å²) in [5.41, 5.74) is -0.544. The van der Waals surface area contributed by atoms with Crippen molar-refractivity contribution in [2.45, 2.75) is 77.9 Å². The Morgan fingerprint density at radius 3 is 2.50 bits per heavy atom. The van der Waals surface area contributed by atoms with Crippen LogP contribution in [0.3, 0.4) is 0 Å². The summed E-state index contributed by atoms with van der Waals surface area (Å²) in [5.74, 6) is -0.105. The van der Waals surface area contributed by atoms with Crippen LogP contribution in [0.15, 0.2) is 0 Å². The summed E-state index contributed by atoms with van der Waals surface area (Å²) in [6, 6.07) is 1.07. The van der Waals surface area contributed by atoms with Crippen LogP contribution >= 0.6 is 0 Å². The van der Waals surface area contributed by atoms with E-state index in [1.165, 1.54) is 12.8 Å². The van der Waals surface area contributed by atoms with Gasteiger partial charge < -0.3 is 9.64 Å².